The van der Waals surface area contributed by atoms with Gasteiger partial charge < -0.3 is 0 Å². The molecular formula is C19H28ClF. The summed E-state index contributed by atoms with van der Waals surface area (Å²) in [5.74, 6) is 1.49. The topological polar surface area (TPSA) is 0 Å². The van der Waals surface area contributed by atoms with Gasteiger partial charge in [0.25, 0.3) is 0 Å². The largest absolute Gasteiger partial charge is 0.207 e. The average molecular weight is 311 g/mol. The number of alkyl halides is 1. The van der Waals surface area contributed by atoms with Crippen LogP contribution in [0.4, 0.5) is 4.39 Å². The minimum absolute atomic E-state index is 0.139. The zero-order valence-electron chi connectivity index (χ0n) is 13.4. The molecule has 0 heterocycles. The molecular weight excluding hydrogens is 283 g/mol. The lowest BCUT2D eigenvalue weighted by Crippen LogP contribution is -2.31. The first kappa shape index (κ1) is 16.8. The molecule has 2 heteroatoms. The molecule has 1 fully saturated rings. The van der Waals surface area contributed by atoms with E-state index in [4.69, 9.17) is 11.6 Å². The normalized spacial score (nSPS) is 26.0. The predicted molar refractivity (Wildman–Crippen MR) is 89.5 cm³/mol. The number of hydrogen-bond acceptors (Lipinski definition) is 0. The molecule has 0 spiro atoms. The Balaban J connectivity index is 1.99. The molecule has 1 aromatic carbocycles. The molecule has 1 aliphatic carbocycles. The second-order valence-corrected chi connectivity index (χ2v) is 7.23. The van der Waals surface area contributed by atoms with Gasteiger partial charge in [-0.3, -0.25) is 0 Å². The van der Waals surface area contributed by atoms with Crippen molar-refractivity contribution < 1.29 is 4.39 Å². The van der Waals surface area contributed by atoms with Crippen molar-refractivity contribution >= 4 is 11.6 Å². The van der Waals surface area contributed by atoms with Crippen LogP contribution in [0.1, 0.15) is 63.0 Å². The van der Waals surface area contributed by atoms with E-state index in [2.05, 4.69) is 6.92 Å². The summed E-state index contributed by atoms with van der Waals surface area (Å²) in [5, 5.41) is 0. The van der Waals surface area contributed by atoms with E-state index in [1.54, 1.807) is 12.1 Å². The van der Waals surface area contributed by atoms with Gasteiger partial charge in [0, 0.05) is 5.88 Å². The van der Waals surface area contributed by atoms with Crippen LogP contribution >= 0.6 is 11.6 Å². The summed E-state index contributed by atoms with van der Waals surface area (Å²) in [6, 6.07) is 5.17. The van der Waals surface area contributed by atoms with E-state index in [1.165, 1.54) is 50.5 Å². The predicted octanol–water partition coefficient (Wildman–Crippen LogP) is 6.28. The van der Waals surface area contributed by atoms with Crippen LogP contribution in [0.3, 0.4) is 0 Å². The molecule has 0 amide bonds. The highest BCUT2D eigenvalue weighted by atomic mass is 35.5. The summed E-state index contributed by atoms with van der Waals surface area (Å²) in [6.07, 6.45) is 10.1. The lowest BCUT2D eigenvalue weighted by atomic mass is 9.67. The van der Waals surface area contributed by atoms with Crippen molar-refractivity contribution in [3.05, 3.63) is 35.1 Å². The van der Waals surface area contributed by atoms with Gasteiger partial charge in [0.2, 0.25) is 0 Å². The van der Waals surface area contributed by atoms with Gasteiger partial charge in [0.05, 0.1) is 0 Å². The van der Waals surface area contributed by atoms with Gasteiger partial charge in [0.15, 0.2) is 0 Å². The van der Waals surface area contributed by atoms with Gasteiger partial charge in [0.1, 0.15) is 5.82 Å². The van der Waals surface area contributed by atoms with Gasteiger partial charge in [-0.2, -0.15) is 0 Å². The average Bonchev–Trinajstić information content (AvgIpc) is 2.49. The smallest absolute Gasteiger partial charge is 0.123 e. The second-order valence-electron chi connectivity index (χ2n) is 6.97. The summed E-state index contributed by atoms with van der Waals surface area (Å²) in [5.41, 5.74) is 2.56. The Bertz CT molecular complexity index is 447. The van der Waals surface area contributed by atoms with Gasteiger partial charge >= 0.3 is 0 Å². The standard InChI is InChI=1S/C19H28ClF/c1-3-4-5-16-8-10-19(14-20,11-9-16)13-17-6-7-18(21)12-15(17)2/h6-7,12,16H,3-5,8-11,13-14H2,1-2H3. The molecule has 0 nitrogen and oxygen atoms in total. The van der Waals surface area contributed by atoms with Gasteiger partial charge in [-0.05, 0) is 73.6 Å². The zero-order valence-corrected chi connectivity index (χ0v) is 14.2. The molecule has 0 aromatic heterocycles. The number of rotatable bonds is 6. The van der Waals surface area contributed by atoms with Crippen LogP contribution in [0.25, 0.3) is 0 Å². The Kier molecular flexibility index (Phi) is 6.10. The van der Waals surface area contributed by atoms with Gasteiger partial charge in [-0.15, -0.1) is 11.6 Å². The number of benzene rings is 1. The molecule has 0 N–H and O–H groups in total. The highest BCUT2D eigenvalue weighted by Gasteiger charge is 2.34. The zero-order chi connectivity index (χ0) is 15.3. The van der Waals surface area contributed by atoms with Crippen molar-refractivity contribution in [1.82, 2.24) is 0 Å². The molecule has 0 saturated heterocycles. The van der Waals surface area contributed by atoms with E-state index in [9.17, 15) is 4.39 Å². The third kappa shape index (κ3) is 4.45. The first-order valence-electron chi connectivity index (χ1n) is 8.39. The van der Waals surface area contributed by atoms with Gasteiger partial charge in [-0.25, -0.2) is 4.39 Å². The number of aryl methyl sites for hydroxylation is 1. The Morgan fingerprint density at radius 1 is 1.29 bits per heavy atom. The third-order valence-electron chi connectivity index (χ3n) is 5.29. The van der Waals surface area contributed by atoms with E-state index >= 15 is 0 Å². The van der Waals surface area contributed by atoms with Crippen LogP contribution < -0.4 is 0 Å². The van der Waals surface area contributed by atoms with Crippen molar-refractivity contribution in [3.8, 4) is 0 Å². The van der Waals surface area contributed by atoms with Crippen LogP contribution in [0.2, 0.25) is 0 Å². The lowest BCUT2D eigenvalue weighted by Gasteiger charge is -2.39. The fourth-order valence-corrected chi connectivity index (χ4v) is 4.05. The minimum Gasteiger partial charge on any atom is -0.207 e. The minimum atomic E-state index is -0.139. The Labute approximate surface area is 134 Å². The first-order valence-corrected chi connectivity index (χ1v) is 8.93. The summed E-state index contributed by atoms with van der Waals surface area (Å²) in [4.78, 5) is 0. The van der Waals surface area contributed by atoms with Crippen molar-refractivity contribution in [3.63, 3.8) is 0 Å². The fraction of sp³-hybridized carbons (Fsp3) is 0.684. The van der Waals surface area contributed by atoms with E-state index in [-0.39, 0.29) is 11.2 Å². The monoisotopic (exact) mass is 310 g/mol. The molecule has 118 valence electrons. The Morgan fingerprint density at radius 3 is 2.57 bits per heavy atom. The van der Waals surface area contributed by atoms with Crippen LogP contribution in [0.5, 0.6) is 0 Å². The van der Waals surface area contributed by atoms with Crippen LogP contribution in [-0.2, 0) is 6.42 Å². The molecule has 1 aliphatic rings. The highest BCUT2D eigenvalue weighted by Crippen LogP contribution is 2.44. The van der Waals surface area contributed by atoms with Crippen molar-refractivity contribution in [2.24, 2.45) is 11.3 Å². The van der Waals surface area contributed by atoms with E-state index in [0.717, 1.165) is 23.8 Å². The van der Waals surface area contributed by atoms with Crippen LogP contribution in [0, 0.1) is 24.1 Å². The number of halogens is 2. The maximum Gasteiger partial charge on any atom is 0.123 e. The van der Waals surface area contributed by atoms with Crippen LogP contribution in [0.15, 0.2) is 18.2 Å². The quantitative estimate of drug-likeness (QED) is 0.542. The molecule has 0 radical (unpaired) electrons. The van der Waals surface area contributed by atoms with E-state index in [0.29, 0.717) is 0 Å². The SMILES string of the molecule is CCCCC1CCC(CCl)(Cc2ccc(F)cc2C)CC1. The lowest BCUT2D eigenvalue weighted by molar-refractivity contribution is 0.165. The number of hydrogen-bond donors (Lipinski definition) is 0. The molecule has 0 atom stereocenters. The fourth-order valence-electron chi connectivity index (χ4n) is 3.69. The molecule has 21 heavy (non-hydrogen) atoms. The summed E-state index contributed by atoms with van der Waals surface area (Å²) < 4.78 is 13.2. The Hall–Kier alpha value is -0.560. The molecule has 1 saturated carbocycles. The maximum absolute atomic E-state index is 13.2. The Morgan fingerprint density at radius 2 is 2.00 bits per heavy atom. The molecule has 2 rings (SSSR count). The highest BCUT2D eigenvalue weighted by molar-refractivity contribution is 6.18. The third-order valence-corrected chi connectivity index (χ3v) is 5.85. The molecule has 0 bridgehead atoms. The van der Waals surface area contributed by atoms with E-state index in [1.807, 2.05) is 13.0 Å². The summed E-state index contributed by atoms with van der Waals surface area (Å²) >= 11 is 6.35. The maximum atomic E-state index is 13.2. The van der Waals surface area contributed by atoms with Crippen molar-refractivity contribution in [2.45, 2.75) is 65.2 Å². The van der Waals surface area contributed by atoms with E-state index < -0.39 is 0 Å². The number of unbranched alkanes of at least 4 members (excludes halogenated alkanes) is 1. The molecule has 0 unspecified atom stereocenters. The molecule has 1 aromatic rings. The first-order chi connectivity index (χ1) is 10.1. The van der Waals surface area contributed by atoms with Crippen molar-refractivity contribution in [2.75, 3.05) is 5.88 Å². The second kappa shape index (κ2) is 7.63. The summed E-state index contributed by atoms with van der Waals surface area (Å²) in [7, 11) is 0. The summed E-state index contributed by atoms with van der Waals surface area (Å²) in [6.45, 7) is 4.27. The van der Waals surface area contributed by atoms with Crippen molar-refractivity contribution in [1.29, 1.82) is 0 Å². The van der Waals surface area contributed by atoms with Gasteiger partial charge in [-0.1, -0.05) is 32.3 Å². The molecule has 0 aliphatic heterocycles. The van der Waals surface area contributed by atoms with Crippen LogP contribution in [-0.4, -0.2) is 5.88 Å².